The number of para-hydroxylation sites is 3. The van der Waals surface area contributed by atoms with Crippen molar-refractivity contribution in [3.8, 4) is 67.9 Å². The van der Waals surface area contributed by atoms with Crippen molar-refractivity contribution in [2.75, 3.05) is 0 Å². The molecule has 0 unspecified atom stereocenters. The van der Waals surface area contributed by atoms with Gasteiger partial charge >= 0.3 is 0 Å². The normalized spacial score (nSPS) is 26.2. The fourth-order valence-electron chi connectivity index (χ4n) is 20.3. The van der Waals surface area contributed by atoms with Gasteiger partial charge in [0.05, 0.1) is 53.5 Å². The number of allylic oxidation sites excluding steroid dienone is 4. The Morgan fingerprint density at radius 2 is 0.833 bits per heavy atom. The van der Waals surface area contributed by atoms with Crippen molar-refractivity contribution >= 4 is 38.5 Å². The number of carbonyl (C=O) groups is 1. The molecule has 0 fully saturated rings. The SMILES string of the molecule is CC1(C)c2oncc2C[C@@]2(C)c3nc(-c4ccnc5c(F)cccc45)nc(-c4ccccc4F)c3CC[C@H]12.[3HH].[3H][3H].[3H][3H].[3H][3H].[3H][3H].[3H][3H].[3H][3H].[3H][3H].[3H][3H].[3H][3H].[3H][3H].[3H][3H].[3H][3H].[3H][3H].[3H][3H].[3H][3H].[3H][3H].[3H][3H].[3H][3H].[3H][3H].[3H][3H].[3H][3H].[3H][3H].[3H][3H].[3H][3H].[3H][3H].[3H][3H].[3H][3H].[3H][3H].[3H][3H].[3H][3H].[3H][3H].[3H][3H].[3H][3H].[3H][3H].[3H][3H].[3H][3H].[3H][3H].[3H][3H].[3H][3H].[3H][3H].[3H][3H].[3H][3H].[3H][3H].[3H][3H].[3H][3H].[3H][3H].[3H][3H].[3H][3H].[3H][3H].[3H][3H].[3H][3H].[3H][3H].[3H][3H].[3H][3H].[3H][3H].[3H][3H].[3H][3H].[3H][3H].[3H][3H].[3H][3H].[3H][3H].[3H][3H].[3H][3H].[C-]#[N+]C1=C(O)C(C)(C)[C@H]2CCc3c(-c4ccccc4F)nc(-c4ccnc5c(F)cccc45)nc3[C@]2(C)C1.[C-]#[N+]C1=C[C@@]2(C)c3nc(-c4ccnc5c(F)cccc45)nc(-c4ccccc4F)c3CC[C@@H]2C(C)(C)C1=O. The lowest BCUT2D eigenvalue weighted by atomic mass is 9.51. The van der Waals surface area contributed by atoms with E-state index < -0.39 is 44.9 Å². The molecule has 6 aliphatic rings. The van der Waals surface area contributed by atoms with Gasteiger partial charge in [0.15, 0.2) is 23.3 Å². The first-order valence-corrected chi connectivity index (χ1v) is 38.1. The maximum Gasteiger partial charge on any atom is 0.226 e. The third-order valence-corrected chi connectivity index (χ3v) is 25.5. The number of halogens is 6. The maximum absolute atomic E-state index is 15.3. The fraction of sp³-hybridized carbons (Fsp3) is 0.280. The summed E-state index contributed by atoms with van der Waals surface area (Å²) in [5.74, 6) is -0.327. The molecule has 0 bridgehead atoms. The van der Waals surface area contributed by atoms with Crippen LogP contribution >= 0.6 is 0 Å². The van der Waals surface area contributed by atoms with Gasteiger partial charge in [0.2, 0.25) is 11.4 Å². The van der Waals surface area contributed by atoms with E-state index in [0.29, 0.717) is 128 Å². The van der Waals surface area contributed by atoms with Crippen molar-refractivity contribution in [3.63, 3.8) is 0 Å². The number of hydrogen-bond acceptors (Lipinski definition) is 13. The van der Waals surface area contributed by atoms with Crippen LogP contribution in [0.25, 0.3) is 110 Å². The van der Waals surface area contributed by atoms with Crippen molar-refractivity contribution in [1.29, 1.82) is 0 Å². The summed E-state index contributed by atoms with van der Waals surface area (Å²) < 4.78 is 725. The Kier molecular flexibility index (Phi) is 7.57. The van der Waals surface area contributed by atoms with Crippen LogP contribution in [-0.4, -0.2) is 60.9 Å². The second-order valence-electron chi connectivity index (χ2n) is 33.1. The van der Waals surface area contributed by atoms with Gasteiger partial charge < -0.3 is 14.4 Å². The first-order valence-electron chi connectivity index (χ1n) is 101. The number of ketones is 1. The number of carbonyl (C=O) groups excluding carboxylic acids is 1. The number of aliphatic hydroxyl groups excluding tert-OH is 1. The number of rotatable bonds is 6. The van der Waals surface area contributed by atoms with E-state index in [2.05, 4.69) is 57.5 Å². The van der Waals surface area contributed by atoms with Gasteiger partial charge in [-0.05, 0) is 142 Å². The highest BCUT2D eigenvalue weighted by atomic mass is 19.1. The van der Waals surface area contributed by atoms with Gasteiger partial charge in [-0.25, -0.2) is 65.9 Å². The van der Waals surface area contributed by atoms with Gasteiger partial charge in [-0.15, -0.1) is 0 Å². The smallest absolute Gasteiger partial charge is 0.226 e. The average molecular weight is 1910 g/mol. The Balaban J connectivity index is -0.0000000379. The second kappa shape index (κ2) is 27.4. The zero-order chi connectivity index (χ0) is 206. The monoisotopic (exact) mass is 1910 g/mol. The quantitative estimate of drug-likeness (QED) is 0.122. The maximum atomic E-state index is 15.3. The molecule has 7 heterocycles. The van der Waals surface area contributed by atoms with Crippen LogP contribution in [-0.2, 0) is 52.1 Å². The molecule has 114 heavy (non-hydrogen) atoms. The highest BCUT2D eigenvalue weighted by Crippen LogP contribution is 2.61. The molecule has 19 rings (SSSR count). The number of benzene rings is 6. The highest BCUT2D eigenvalue weighted by molar-refractivity contribution is 6.03. The molecule has 0 saturated heterocycles. The molecule has 21 heteroatoms. The molecule has 7 aromatic heterocycles. The number of pyridine rings is 3. The molecular weight excluding hydrogens is 1450 g/mol. The fourth-order valence-corrected chi connectivity index (χ4v) is 20.3. The predicted molar refractivity (Wildman–Crippen MR) is 559 cm³/mol. The first-order chi connectivity index (χ1) is 118. The summed E-state index contributed by atoms with van der Waals surface area (Å²) in [6, 6.07) is 39.4. The van der Waals surface area contributed by atoms with Crippen LogP contribution < -0.4 is 0 Å². The van der Waals surface area contributed by atoms with Crippen LogP contribution in [0.1, 0.15) is 322 Å². The number of Topliss-reactive ketones (excluding diaryl/α,β-unsaturated/α-hetero) is 1. The third-order valence-electron chi connectivity index (χ3n) is 25.5. The van der Waals surface area contributed by atoms with E-state index in [1.165, 1.54) is 48.8 Å². The van der Waals surface area contributed by atoms with Crippen LogP contribution in [0.4, 0.5) is 26.3 Å². The molecule has 0 aliphatic heterocycles. The molecule has 15 nitrogen and oxygen atoms in total. The summed E-state index contributed by atoms with van der Waals surface area (Å²) in [6.45, 7) is 33.9. The Hall–Kier alpha value is -12.5. The van der Waals surface area contributed by atoms with E-state index in [1.807, 2.05) is 52.9 Å². The minimum absolute atomic E-state index is 0. The molecular formula is C93H204F6N12O3. The summed E-state index contributed by atoms with van der Waals surface area (Å²) >= 11 is 0. The topological polar surface area (TPSA) is 188 Å². The number of aromatic nitrogens is 10. The molecule has 13 aromatic rings. The van der Waals surface area contributed by atoms with Crippen molar-refractivity contribution in [2.24, 2.45) is 28.6 Å². The van der Waals surface area contributed by atoms with Crippen molar-refractivity contribution in [3.05, 3.63) is 296 Å². The van der Waals surface area contributed by atoms with Crippen LogP contribution in [0, 0.1) is 76.6 Å². The van der Waals surface area contributed by atoms with E-state index in [1.54, 1.807) is 109 Å². The molecule has 696 valence electrons. The summed E-state index contributed by atoms with van der Waals surface area (Å²) in [7, 11) is 0. The zero-order valence-electron chi connectivity index (χ0n) is 190. The average Bonchev–Trinajstić information content (AvgIpc) is 1.66. The van der Waals surface area contributed by atoms with Crippen LogP contribution in [0.2, 0.25) is 0 Å². The molecule has 6 aromatic carbocycles. The summed E-state index contributed by atoms with van der Waals surface area (Å²) in [6.07, 6.45) is 13.4. The van der Waals surface area contributed by atoms with Crippen LogP contribution in [0.15, 0.2) is 198 Å². The van der Waals surface area contributed by atoms with Gasteiger partial charge in [-0.2, -0.15) is 0 Å². The van der Waals surface area contributed by atoms with Crippen LogP contribution in [0.3, 0.4) is 0 Å². The molecule has 6 atom stereocenters. The molecule has 0 amide bonds. The molecule has 0 spiro atoms. The standard InChI is InChI=1S/2C31H26F2N4O.C31H24F2N4O.64H2/c1-30(2)24-12-11-21-25(20-7-4-5-9-22(20)32)36-29(19-13-14-34-26-18(19)8-6-10-23(26)33)37-27(21)31(24,3)15-17-16-35-38-28(17)30;2*1-30(2)24-13-12-20-25(19-8-5-6-10-21(19)32)36-29(18-14-15-35-26-17(18)9-7-11-22(26)33)37-27(20)31(24,3)16-23(34-4)28(30)38;;;;;;;;;;;;;;;;;;;;;;;;;;;;;;;;;;;;;;;;;;;;;;;;;;;;;;;;;;;;;;;;/h4-10,13-14,16,24H,11-12,15H2,1-3H3;5-11,14-15,24,38H,12-13,16H2,1-3H3;5-11,14-16,24H,12-13H2,1-3H3;64*1H/t3*24-,31-;;;;;;;;;;;;;;;;;;;;;;;;;;;;;;;;;;;;;;;;;;;;;;;;;;;;;;;;;;;;;;;;/m111................................................................/s1/i;;;63*1+2T;1+2. The van der Waals surface area contributed by atoms with Gasteiger partial charge in [0.1, 0.15) is 63.0 Å². The van der Waals surface area contributed by atoms with Gasteiger partial charge in [0, 0.05) is 311 Å². The van der Waals surface area contributed by atoms with E-state index in [0.717, 1.165) is 58.7 Å². The second-order valence-corrected chi connectivity index (χ2v) is 33.1. The Bertz CT molecular complexity index is 6640. The summed E-state index contributed by atoms with van der Waals surface area (Å²) in [5, 5.41) is 16.8. The van der Waals surface area contributed by atoms with E-state index >= 15 is 13.2 Å². The number of hydrogen-bond donors (Lipinski definition) is 1. The first kappa shape index (κ1) is 31.5. The number of nitrogens with zero attached hydrogens (tertiary/aromatic N) is 12. The van der Waals surface area contributed by atoms with Crippen molar-refractivity contribution in [2.45, 2.75) is 135 Å². The van der Waals surface area contributed by atoms with E-state index in [9.17, 15) is 23.1 Å². The molecule has 1 N–H and O–H groups in total. The zero-order valence-corrected chi connectivity index (χ0v) is 64.0. The van der Waals surface area contributed by atoms with Crippen molar-refractivity contribution in [1.82, 2.24) is 50.0 Å². The minimum Gasteiger partial charge on any atom is -0.523 e. The van der Waals surface area contributed by atoms with Gasteiger partial charge in [0.25, 0.3) is 0 Å². The molecule has 0 radical (unpaired) electrons. The summed E-state index contributed by atoms with van der Waals surface area (Å²) in [5.41, 5.74) is 8.27. The number of aliphatic hydroxyl groups is 1. The van der Waals surface area contributed by atoms with Gasteiger partial charge in [-0.3, -0.25) is 15.0 Å². The predicted octanol–water partition coefficient (Wildman–Crippen LogP) is 37.2. The van der Waals surface area contributed by atoms with Crippen LogP contribution in [0.5, 0.6) is 0 Å². The van der Waals surface area contributed by atoms with Gasteiger partial charge in [-0.1, -0.05) is 146 Å². The molecule has 0 saturated carbocycles. The number of fused-ring (bicyclic) bond motifs is 13. The van der Waals surface area contributed by atoms with Crippen molar-refractivity contribution < 1.29 is 229 Å². The Morgan fingerprint density at radius 1 is 0.447 bits per heavy atom. The lowest BCUT2D eigenvalue weighted by molar-refractivity contribution is -0.128. The Labute approximate surface area is 850 Å². The van der Waals surface area contributed by atoms with E-state index in [4.69, 9.17) is 235 Å². The lowest BCUT2D eigenvalue weighted by Crippen LogP contribution is -2.52. The minimum atomic E-state index is -0.781. The lowest BCUT2D eigenvalue weighted by Gasteiger charge is -2.52. The third kappa shape index (κ3) is 11.6. The highest BCUT2D eigenvalue weighted by Gasteiger charge is 2.59. The van der Waals surface area contributed by atoms with E-state index in [-0.39, 0.29) is 75.4 Å². The Morgan fingerprint density at radius 3 is 1.25 bits per heavy atom. The molecule has 6 aliphatic carbocycles. The summed E-state index contributed by atoms with van der Waals surface area (Å²) in [4.78, 5) is 63.3. The largest absolute Gasteiger partial charge is 0.523 e.